The van der Waals surface area contributed by atoms with E-state index in [9.17, 15) is 0 Å². The summed E-state index contributed by atoms with van der Waals surface area (Å²) >= 11 is 0. The van der Waals surface area contributed by atoms with Crippen LogP contribution in [0.3, 0.4) is 0 Å². The van der Waals surface area contributed by atoms with Crippen LogP contribution in [0.5, 0.6) is 0 Å². The Morgan fingerprint density at radius 3 is 2.92 bits per heavy atom. The lowest BCUT2D eigenvalue weighted by Crippen LogP contribution is -2.30. The number of pyridine rings is 1. The van der Waals surface area contributed by atoms with Gasteiger partial charge in [-0.2, -0.15) is 0 Å². The van der Waals surface area contributed by atoms with E-state index in [0.29, 0.717) is 0 Å². The van der Waals surface area contributed by atoms with Crippen LogP contribution in [0, 0.1) is 5.92 Å². The highest BCUT2D eigenvalue weighted by molar-refractivity contribution is 5.13. The van der Waals surface area contributed by atoms with Gasteiger partial charge in [0.05, 0.1) is 0 Å². The van der Waals surface area contributed by atoms with Gasteiger partial charge in [0.1, 0.15) is 0 Å². The fourth-order valence-electron chi connectivity index (χ4n) is 2.05. The van der Waals surface area contributed by atoms with Gasteiger partial charge in [0, 0.05) is 17.8 Å². The van der Waals surface area contributed by atoms with Gasteiger partial charge in [-0.25, -0.2) is 0 Å². The summed E-state index contributed by atoms with van der Waals surface area (Å²) in [6, 6.07) is 6.20. The van der Waals surface area contributed by atoms with Gasteiger partial charge in [0.25, 0.3) is 0 Å². The van der Waals surface area contributed by atoms with E-state index in [1.807, 2.05) is 19.3 Å². The molecular formula is C11H16N2. The third-order valence-corrected chi connectivity index (χ3v) is 2.83. The molecule has 1 heterocycles. The molecule has 1 N–H and O–H groups in total. The largest absolute Gasteiger partial charge is 0.319 e. The van der Waals surface area contributed by atoms with Crippen LogP contribution < -0.4 is 5.32 Å². The van der Waals surface area contributed by atoms with Gasteiger partial charge in [-0.05, 0) is 44.5 Å². The van der Waals surface area contributed by atoms with Crippen LogP contribution in [-0.4, -0.2) is 18.6 Å². The number of nitrogens with one attached hydrogen (secondary N) is 1. The van der Waals surface area contributed by atoms with Crippen molar-refractivity contribution >= 4 is 0 Å². The highest BCUT2D eigenvalue weighted by Crippen LogP contribution is 2.39. The molecule has 0 saturated heterocycles. The molecule has 1 fully saturated rings. The maximum Gasteiger partial charge on any atom is 0.0434 e. The van der Waals surface area contributed by atoms with Gasteiger partial charge >= 0.3 is 0 Å². The molecule has 1 aliphatic rings. The molecule has 0 unspecified atom stereocenters. The molecule has 0 amide bonds. The van der Waals surface area contributed by atoms with Crippen molar-refractivity contribution in [1.82, 2.24) is 10.3 Å². The molecule has 70 valence electrons. The Kier molecular flexibility index (Phi) is 2.60. The predicted molar refractivity (Wildman–Crippen MR) is 53.6 cm³/mol. The van der Waals surface area contributed by atoms with Crippen molar-refractivity contribution < 1.29 is 0 Å². The molecule has 2 nitrogen and oxygen atoms in total. The topological polar surface area (TPSA) is 24.9 Å². The van der Waals surface area contributed by atoms with Crippen LogP contribution >= 0.6 is 0 Å². The molecule has 0 aliphatic heterocycles. The lowest BCUT2D eigenvalue weighted by atomic mass is 9.73. The summed E-state index contributed by atoms with van der Waals surface area (Å²) in [5, 5.41) is 3.22. The number of hydrogen-bond donors (Lipinski definition) is 1. The maximum absolute atomic E-state index is 4.37. The highest BCUT2D eigenvalue weighted by Gasteiger charge is 2.30. The minimum Gasteiger partial charge on any atom is -0.319 e. The van der Waals surface area contributed by atoms with Gasteiger partial charge in [0.2, 0.25) is 0 Å². The zero-order valence-corrected chi connectivity index (χ0v) is 8.03. The van der Waals surface area contributed by atoms with Crippen molar-refractivity contribution in [1.29, 1.82) is 0 Å². The summed E-state index contributed by atoms with van der Waals surface area (Å²) in [6.45, 7) is 1.16. The zero-order valence-electron chi connectivity index (χ0n) is 8.03. The smallest absolute Gasteiger partial charge is 0.0434 e. The molecule has 0 spiro atoms. The number of nitrogens with zero attached hydrogens (tertiary/aromatic N) is 1. The average molecular weight is 176 g/mol. The van der Waals surface area contributed by atoms with E-state index >= 15 is 0 Å². The fraction of sp³-hybridized carbons (Fsp3) is 0.545. The first kappa shape index (κ1) is 8.70. The highest BCUT2D eigenvalue weighted by atomic mass is 14.8. The molecule has 2 rings (SSSR count). The Morgan fingerprint density at radius 1 is 1.46 bits per heavy atom. The SMILES string of the molecule is CNCC1CC(c2ccccn2)C1. The van der Waals surface area contributed by atoms with Crippen molar-refractivity contribution in [3.63, 3.8) is 0 Å². The summed E-state index contributed by atoms with van der Waals surface area (Å²) in [5.74, 6) is 1.59. The van der Waals surface area contributed by atoms with Gasteiger partial charge in [-0.3, -0.25) is 4.98 Å². The van der Waals surface area contributed by atoms with Crippen molar-refractivity contribution in [3.05, 3.63) is 30.1 Å². The molecule has 1 aromatic heterocycles. The first-order chi connectivity index (χ1) is 6.40. The molecule has 1 saturated carbocycles. The van der Waals surface area contributed by atoms with Crippen LogP contribution in [0.1, 0.15) is 24.5 Å². The Labute approximate surface area is 79.4 Å². The summed E-state index contributed by atoms with van der Waals surface area (Å²) in [5.41, 5.74) is 1.27. The quantitative estimate of drug-likeness (QED) is 0.759. The number of hydrogen-bond acceptors (Lipinski definition) is 2. The maximum atomic E-state index is 4.37. The molecule has 2 heteroatoms. The van der Waals surface area contributed by atoms with Gasteiger partial charge < -0.3 is 5.32 Å². The third-order valence-electron chi connectivity index (χ3n) is 2.83. The monoisotopic (exact) mass is 176 g/mol. The lowest BCUT2D eigenvalue weighted by molar-refractivity contribution is 0.255. The van der Waals surface area contributed by atoms with Crippen LogP contribution in [-0.2, 0) is 0 Å². The van der Waals surface area contributed by atoms with E-state index in [2.05, 4.69) is 22.4 Å². The van der Waals surface area contributed by atoms with E-state index < -0.39 is 0 Å². The molecular weight excluding hydrogens is 160 g/mol. The summed E-state index contributed by atoms with van der Waals surface area (Å²) in [6.07, 6.45) is 4.50. The van der Waals surface area contributed by atoms with Crippen LogP contribution in [0.2, 0.25) is 0 Å². The van der Waals surface area contributed by atoms with Crippen molar-refractivity contribution in [2.75, 3.05) is 13.6 Å². The molecule has 0 radical (unpaired) electrons. The second-order valence-electron chi connectivity index (χ2n) is 3.85. The van der Waals surface area contributed by atoms with Crippen LogP contribution in [0.25, 0.3) is 0 Å². The number of rotatable bonds is 3. The Hall–Kier alpha value is -0.890. The van der Waals surface area contributed by atoms with E-state index in [4.69, 9.17) is 0 Å². The first-order valence-corrected chi connectivity index (χ1v) is 4.95. The third kappa shape index (κ3) is 1.89. The minimum absolute atomic E-state index is 0.722. The molecule has 0 aromatic carbocycles. The van der Waals surface area contributed by atoms with Gasteiger partial charge in [-0.1, -0.05) is 6.07 Å². The lowest BCUT2D eigenvalue weighted by Gasteiger charge is -2.34. The molecule has 0 atom stereocenters. The van der Waals surface area contributed by atoms with Crippen molar-refractivity contribution in [2.24, 2.45) is 5.92 Å². The Balaban J connectivity index is 1.87. The second kappa shape index (κ2) is 3.88. The molecule has 1 aliphatic carbocycles. The normalized spacial score (nSPS) is 26.8. The van der Waals surface area contributed by atoms with Gasteiger partial charge in [-0.15, -0.1) is 0 Å². The van der Waals surface area contributed by atoms with Crippen LogP contribution in [0.4, 0.5) is 0 Å². The molecule has 1 aromatic rings. The van der Waals surface area contributed by atoms with Gasteiger partial charge in [0.15, 0.2) is 0 Å². The average Bonchev–Trinajstić information content (AvgIpc) is 2.12. The van der Waals surface area contributed by atoms with Crippen molar-refractivity contribution in [3.8, 4) is 0 Å². The summed E-state index contributed by atoms with van der Waals surface area (Å²) in [7, 11) is 2.02. The van der Waals surface area contributed by atoms with E-state index in [1.54, 1.807) is 0 Å². The molecule has 0 bridgehead atoms. The van der Waals surface area contributed by atoms with E-state index in [0.717, 1.165) is 18.4 Å². The second-order valence-corrected chi connectivity index (χ2v) is 3.85. The Bertz CT molecular complexity index is 252. The first-order valence-electron chi connectivity index (χ1n) is 4.95. The van der Waals surface area contributed by atoms with Crippen molar-refractivity contribution in [2.45, 2.75) is 18.8 Å². The standard InChI is InChI=1S/C11H16N2/c1-12-8-9-6-10(7-9)11-4-2-3-5-13-11/h2-5,9-10,12H,6-8H2,1H3. The predicted octanol–water partition coefficient (Wildman–Crippen LogP) is 1.79. The van der Waals surface area contributed by atoms with Crippen LogP contribution in [0.15, 0.2) is 24.4 Å². The summed E-state index contributed by atoms with van der Waals surface area (Å²) in [4.78, 5) is 4.37. The molecule has 13 heavy (non-hydrogen) atoms. The minimum atomic E-state index is 0.722. The number of aromatic nitrogens is 1. The van der Waals surface area contributed by atoms with E-state index in [1.165, 1.54) is 18.5 Å². The Morgan fingerprint density at radius 2 is 2.31 bits per heavy atom. The fourth-order valence-corrected chi connectivity index (χ4v) is 2.05. The van der Waals surface area contributed by atoms with E-state index in [-0.39, 0.29) is 0 Å². The summed E-state index contributed by atoms with van der Waals surface area (Å²) < 4.78 is 0. The zero-order chi connectivity index (χ0) is 9.10.